The van der Waals surface area contributed by atoms with Crippen LogP contribution < -0.4 is 60.6 Å². The molecule has 2 rings (SSSR count). The molecule has 23 nitrogen and oxygen atoms in total. The number of aliphatic carboxylic acids is 1. The lowest BCUT2D eigenvalue weighted by atomic mass is 10.0. The normalized spacial score (nSPS) is 13.1. The summed E-state index contributed by atoms with van der Waals surface area (Å²) in [5.74, 6) is -9.28. The first kappa shape index (κ1) is 47.9. The molecular formula is C36H50N12O11. The number of carboxylic acids is 1. The van der Waals surface area contributed by atoms with Gasteiger partial charge in [-0.1, -0.05) is 42.5 Å². The number of phenols is 1. The van der Waals surface area contributed by atoms with E-state index >= 15 is 0 Å². The summed E-state index contributed by atoms with van der Waals surface area (Å²) >= 11 is 0. The molecule has 0 aliphatic rings. The Hall–Kier alpha value is -7.30. The van der Waals surface area contributed by atoms with Gasteiger partial charge in [0, 0.05) is 13.0 Å². The van der Waals surface area contributed by atoms with Crippen molar-refractivity contribution in [2.24, 2.45) is 33.7 Å². The lowest BCUT2D eigenvalue weighted by Crippen LogP contribution is -2.57. The highest BCUT2D eigenvalue weighted by Crippen LogP contribution is 2.12. The number of phenolic OH excluding ortho intramolecular Hbond substituents is 1. The van der Waals surface area contributed by atoms with Crippen LogP contribution in [0.3, 0.4) is 0 Å². The van der Waals surface area contributed by atoms with Crippen molar-refractivity contribution in [3.8, 4) is 5.75 Å². The van der Waals surface area contributed by atoms with Gasteiger partial charge in [0.2, 0.25) is 47.3 Å². The van der Waals surface area contributed by atoms with E-state index in [2.05, 4.69) is 36.9 Å². The predicted molar refractivity (Wildman–Crippen MR) is 209 cm³/mol. The second-order valence-electron chi connectivity index (χ2n) is 13.1. The van der Waals surface area contributed by atoms with Crippen LogP contribution in [0.15, 0.2) is 59.6 Å². The Morgan fingerprint density at radius 1 is 0.593 bits per heavy atom. The molecule has 2 aromatic carbocycles. The minimum atomic E-state index is -1.71. The number of carbonyl (C=O) groups excluding carboxylic acids is 8. The molecule has 320 valence electrons. The van der Waals surface area contributed by atoms with Crippen molar-refractivity contribution in [1.82, 2.24) is 31.9 Å². The van der Waals surface area contributed by atoms with Crippen molar-refractivity contribution in [1.29, 1.82) is 0 Å². The van der Waals surface area contributed by atoms with E-state index in [1.54, 1.807) is 30.3 Å². The van der Waals surface area contributed by atoms with Crippen LogP contribution in [0, 0.1) is 0 Å². The van der Waals surface area contributed by atoms with Crippen LogP contribution in [0.25, 0.3) is 0 Å². The molecule has 0 bridgehead atoms. The summed E-state index contributed by atoms with van der Waals surface area (Å²) in [7, 11) is 0. The van der Waals surface area contributed by atoms with Crippen LogP contribution >= 0.6 is 0 Å². The molecule has 0 fully saturated rings. The Bertz CT molecular complexity index is 1840. The first-order valence-corrected chi connectivity index (χ1v) is 18.0. The molecule has 0 saturated carbocycles. The van der Waals surface area contributed by atoms with E-state index in [1.807, 2.05) is 0 Å². The van der Waals surface area contributed by atoms with E-state index in [1.165, 1.54) is 24.3 Å². The molecule has 8 amide bonds. The van der Waals surface area contributed by atoms with E-state index in [0.29, 0.717) is 5.56 Å². The number of amides is 8. The van der Waals surface area contributed by atoms with Crippen molar-refractivity contribution in [3.63, 3.8) is 0 Å². The van der Waals surface area contributed by atoms with Crippen molar-refractivity contribution < 1.29 is 53.4 Å². The summed E-state index contributed by atoms with van der Waals surface area (Å²) in [6.07, 6.45) is -1.42. The van der Waals surface area contributed by atoms with E-state index < -0.39 is 109 Å². The molecule has 0 aliphatic carbocycles. The number of hydrogen-bond donors (Lipinski definition) is 13. The maximum atomic E-state index is 13.3. The summed E-state index contributed by atoms with van der Waals surface area (Å²) in [5.41, 5.74) is 28.3. The van der Waals surface area contributed by atoms with E-state index in [-0.39, 0.29) is 43.9 Å². The zero-order chi connectivity index (χ0) is 44.1. The number of nitrogens with two attached hydrogens (primary N) is 5. The quantitative estimate of drug-likeness (QED) is 0.0253. The van der Waals surface area contributed by atoms with Gasteiger partial charge in [-0.3, -0.25) is 43.3 Å². The molecular weight excluding hydrogens is 776 g/mol. The summed E-state index contributed by atoms with van der Waals surface area (Å²) in [5, 5.41) is 32.9. The van der Waals surface area contributed by atoms with E-state index in [4.69, 9.17) is 28.7 Å². The molecule has 0 aliphatic heterocycles. The Kier molecular flexibility index (Phi) is 19.8. The first-order chi connectivity index (χ1) is 27.8. The van der Waals surface area contributed by atoms with Gasteiger partial charge in [-0.15, -0.1) is 0 Å². The number of hydrogen-bond acceptors (Lipinski definition) is 12. The second-order valence-corrected chi connectivity index (χ2v) is 13.1. The van der Waals surface area contributed by atoms with Gasteiger partial charge < -0.3 is 70.8 Å². The van der Waals surface area contributed by atoms with Gasteiger partial charge in [-0.2, -0.15) is 0 Å². The number of nitrogens with zero attached hydrogens (tertiary/aromatic N) is 1. The molecule has 23 heteroatoms. The van der Waals surface area contributed by atoms with E-state index in [0.717, 1.165) is 5.56 Å². The third kappa shape index (κ3) is 18.9. The number of carbonyl (C=O) groups is 9. The summed E-state index contributed by atoms with van der Waals surface area (Å²) in [4.78, 5) is 117. The number of nitrogens with one attached hydrogen (secondary N) is 6. The monoisotopic (exact) mass is 826 g/mol. The number of guanidine groups is 1. The standard InChI is InChI=1S/C36H50N12O11/c37-22(13-19-5-2-1-3-6-19)31(54)47-25(15-27(38)50)34(57)46-23(7-4-12-42-36(40)41)32(55)44-17-29(52)43-18-30(53)45-24(14-20-8-10-21(49)11-9-20)33(56)48-26(35(58)59)16-28(39)51/h1-3,5-6,8-11,22-26,49H,4,7,12-18,37H2,(H2,38,50)(H2,39,51)(H,43,52)(H,44,55)(H,45,53)(H,46,57)(H,47,54)(H,48,56)(H,58,59)(H4,40,41,42)/t22-,23-,24-,25-,26-/m0/s1. The zero-order valence-corrected chi connectivity index (χ0v) is 31.8. The maximum Gasteiger partial charge on any atom is 0.326 e. The molecule has 0 aromatic heterocycles. The Morgan fingerprint density at radius 3 is 1.73 bits per heavy atom. The molecule has 0 heterocycles. The fourth-order valence-corrected chi connectivity index (χ4v) is 5.22. The van der Waals surface area contributed by atoms with Gasteiger partial charge in [0.05, 0.1) is 32.0 Å². The maximum absolute atomic E-state index is 13.3. The van der Waals surface area contributed by atoms with Crippen molar-refractivity contribution >= 4 is 59.2 Å². The number of rotatable bonds is 25. The average molecular weight is 827 g/mol. The number of aromatic hydroxyl groups is 1. The van der Waals surface area contributed by atoms with Gasteiger partial charge in [0.25, 0.3) is 0 Å². The van der Waals surface area contributed by atoms with Crippen LogP contribution in [0.4, 0.5) is 0 Å². The molecule has 0 unspecified atom stereocenters. The highest BCUT2D eigenvalue weighted by Gasteiger charge is 2.31. The minimum Gasteiger partial charge on any atom is -0.508 e. The van der Waals surface area contributed by atoms with Gasteiger partial charge in [-0.25, -0.2) is 4.79 Å². The SMILES string of the molecule is NC(=O)C[C@H](NC(=O)[C@H](Cc1ccc(O)cc1)NC(=O)CNC(=O)CNC(=O)[C@H](CCCN=C(N)N)NC(=O)[C@H](CC(N)=O)NC(=O)[C@@H](N)Cc1ccccc1)C(=O)O. The van der Waals surface area contributed by atoms with Crippen LogP contribution in [0.1, 0.15) is 36.8 Å². The Balaban J connectivity index is 2.08. The number of aliphatic imine (C=N–C) groups is 1. The highest BCUT2D eigenvalue weighted by atomic mass is 16.4. The van der Waals surface area contributed by atoms with Crippen LogP contribution in [-0.4, -0.2) is 119 Å². The molecule has 0 spiro atoms. The topological polar surface area (TPSA) is 409 Å². The smallest absolute Gasteiger partial charge is 0.326 e. The average Bonchev–Trinajstić information content (AvgIpc) is 3.17. The van der Waals surface area contributed by atoms with Crippen molar-refractivity contribution in [3.05, 3.63) is 65.7 Å². The summed E-state index contributed by atoms with van der Waals surface area (Å²) < 4.78 is 0. The molecule has 2 aromatic rings. The fourth-order valence-electron chi connectivity index (χ4n) is 5.22. The highest BCUT2D eigenvalue weighted by molar-refractivity contribution is 5.97. The summed E-state index contributed by atoms with van der Waals surface area (Å²) in [6, 6.07) is 7.14. The first-order valence-electron chi connectivity index (χ1n) is 18.0. The minimum absolute atomic E-state index is 0.0429. The number of carboxylic acid groups (broad SMARTS) is 1. The van der Waals surface area contributed by atoms with Crippen molar-refractivity contribution in [2.45, 2.75) is 68.7 Å². The lowest BCUT2D eigenvalue weighted by Gasteiger charge is -2.23. The second kappa shape index (κ2) is 24.4. The Morgan fingerprint density at radius 2 is 1.14 bits per heavy atom. The molecule has 18 N–H and O–H groups in total. The summed E-state index contributed by atoms with van der Waals surface area (Å²) in [6.45, 7) is -1.40. The van der Waals surface area contributed by atoms with Gasteiger partial charge in [0.15, 0.2) is 5.96 Å². The lowest BCUT2D eigenvalue weighted by molar-refractivity contribution is -0.143. The van der Waals surface area contributed by atoms with Crippen LogP contribution in [0.5, 0.6) is 5.75 Å². The largest absolute Gasteiger partial charge is 0.508 e. The number of benzene rings is 2. The molecule has 0 radical (unpaired) electrons. The van der Waals surface area contributed by atoms with Crippen LogP contribution in [0.2, 0.25) is 0 Å². The molecule has 0 saturated heterocycles. The zero-order valence-electron chi connectivity index (χ0n) is 31.8. The van der Waals surface area contributed by atoms with E-state index in [9.17, 15) is 53.4 Å². The van der Waals surface area contributed by atoms with Gasteiger partial charge in [-0.05, 0) is 42.5 Å². The van der Waals surface area contributed by atoms with Gasteiger partial charge in [0.1, 0.15) is 29.9 Å². The van der Waals surface area contributed by atoms with Crippen molar-refractivity contribution in [2.75, 3.05) is 19.6 Å². The number of primary amides is 2. The Labute approximate surface area is 337 Å². The third-order valence-corrected chi connectivity index (χ3v) is 8.17. The fraction of sp³-hybridized carbons (Fsp3) is 0.389. The predicted octanol–water partition coefficient (Wildman–Crippen LogP) is -5.43. The third-order valence-electron chi connectivity index (χ3n) is 8.17. The van der Waals surface area contributed by atoms with Gasteiger partial charge >= 0.3 is 5.97 Å². The molecule has 59 heavy (non-hydrogen) atoms. The van der Waals surface area contributed by atoms with Crippen LogP contribution in [-0.2, 0) is 56.0 Å². The molecule has 5 atom stereocenters.